The SMILES string of the molecule is CCCCCOc1cccc(C=C(C#N)C(=O)O)c1. The molecule has 4 heteroatoms. The highest BCUT2D eigenvalue weighted by Crippen LogP contribution is 2.16. The fourth-order valence-electron chi connectivity index (χ4n) is 1.54. The van der Waals surface area contributed by atoms with E-state index >= 15 is 0 Å². The van der Waals surface area contributed by atoms with E-state index in [1.807, 2.05) is 6.07 Å². The monoisotopic (exact) mass is 259 g/mol. The van der Waals surface area contributed by atoms with Gasteiger partial charge in [-0.05, 0) is 30.2 Å². The van der Waals surface area contributed by atoms with Gasteiger partial charge < -0.3 is 9.84 Å². The molecule has 4 nitrogen and oxygen atoms in total. The maximum absolute atomic E-state index is 10.7. The van der Waals surface area contributed by atoms with Gasteiger partial charge in [0.25, 0.3) is 0 Å². The molecule has 0 radical (unpaired) electrons. The van der Waals surface area contributed by atoms with Crippen LogP contribution in [0.4, 0.5) is 0 Å². The fraction of sp³-hybridized carbons (Fsp3) is 0.333. The van der Waals surface area contributed by atoms with E-state index in [9.17, 15) is 4.79 Å². The molecule has 0 saturated carbocycles. The second-order valence-corrected chi connectivity index (χ2v) is 4.10. The van der Waals surface area contributed by atoms with Crippen molar-refractivity contribution in [2.45, 2.75) is 26.2 Å². The highest BCUT2D eigenvalue weighted by Gasteiger charge is 2.05. The lowest BCUT2D eigenvalue weighted by Crippen LogP contribution is -1.98. The third-order valence-electron chi connectivity index (χ3n) is 2.54. The molecule has 0 aromatic heterocycles. The van der Waals surface area contributed by atoms with Gasteiger partial charge in [-0.1, -0.05) is 31.9 Å². The average molecular weight is 259 g/mol. The van der Waals surface area contributed by atoms with Crippen LogP contribution < -0.4 is 4.74 Å². The molecule has 0 saturated heterocycles. The molecule has 1 aromatic rings. The molecular formula is C15H17NO3. The van der Waals surface area contributed by atoms with E-state index in [4.69, 9.17) is 15.1 Å². The van der Waals surface area contributed by atoms with Gasteiger partial charge in [-0.25, -0.2) is 4.79 Å². The Morgan fingerprint density at radius 2 is 2.26 bits per heavy atom. The highest BCUT2D eigenvalue weighted by molar-refractivity contribution is 5.96. The lowest BCUT2D eigenvalue weighted by molar-refractivity contribution is -0.132. The summed E-state index contributed by atoms with van der Waals surface area (Å²) in [5.74, 6) is -0.538. The topological polar surface area (TPSA) is 70.3 Å². The van der Waals surface area contributed by atoms with E-state index < -0.39 is 5.97 Å². The van der Waals surface area contributed by atoms with E-state index in [0.717, 1.165) is 19.3 Å². The van der Waals surface area contributed by atoms with Gasteiger partial charge in [0.2, 0.25) is 0 Å². The Labute approximate surface area is 112 Å². The zero-order valence-electron chi connectivity index (χ0n) is 10.9. The summed E-state index contributed by atoms with van der Waals surface area (Å²) in [4.78, 5) is 10.7. The van der Waals surface area contributed by atoms with Crippen molar-refractivity contribution < 1.29 is 14.6 Å². The molecule has 1 rings (SSSR count). The third-order valence-corrected chi connectivity index (χ3v) is 2.54. The number of hydrogen-bond donors (Lipinski definition) is 1. The molecule has 19 heavy (non-hydrogen) atoms. The van der Waals surface area contributed by atoms with Gasteiger partial charge in [-0.15, -0.1) is 0 Å². The normalized spacial score (nSPS) is 10.8. The molecule has 1 aromatic carbocycles. The van der Waals surface area contributed by atoms with Crippen LogP contribution in [0, 0.1) is 11.3 Å². The molecule has 0 bridgehead atoms. The first-order chi connectivity index (χ1) is 9.17. The molecule has 100 valence electrons. The summed E-state index contributed by atoms with van der Waals surface area (Å²) in [7, 11) is 0. The molecule has 0 aliphatic carbocycles. The number of aliphatic carboxylic acids is 1. The van der Waals surface area contributed by atoms with E-state index in [1.165, 1.54) is 6.08 Å². The van der Waals surface area contributed by atoms with Gasteiger partial charge >= 0.3 is 5.97 Å². The molecule has 0 aliphatic rings. The Hall–Kier alpha value is -2.28. The van der Waals surface area contributed by atoms with Crippen molar-refractivity contribution in [2.75, 3.05) is 6.61 Å². The van der Waals surface area contributed by atoms with Crippen molar-refractivity contribution in [2.24, 2.45) is 0 Å². The van der Waals surface area contributed by atoms with Gasteiger partial charge in [-0.2, -0.15) is 5.26 Å². The molecule has 0 amide bonds. The standard InChI is InChI=1S/C15H17NO3/c1-2-3-4-8-19-14-7-5-6-12(10-14)9-13(11-16)15(17)18/h5-7,9-10H,2-4,8H2,1H3,(H,17,18). The van der Waals surface area contributed by atoms with Crippen LogP contribution in [0.5, 0.6) is 5.75 Å². The van der Waals surface area contributed by atoms with Crippen LogP contribution in [0.25, 0.3) is 6.08 Å². The molecule has 0 spiro atoms. The molecule has 1 N–H and O–H groups in total. The van der Waals surface area contributed by atoms with E-state index in [1.54, 1.807) is 24.3 Å². The Morgan fingerprint density at radius 3 is 2.89 bits per heavy atom. The number of carboxylic acid groups (broad SMARTS) is 1. The van der Waals surface area contributed by atoms with Gasteiger partial charge in [0, 0.05) is 0 Å². The van der Waals surface area contributed by atoms with E-state index in [-0.39, 0.29) is 5.57 Å². The minimum atomic E-state index is -1.23. The van der Waals surface area contributed by atoms with E-state index in [2.05, 4.69) is 6.92 Å². The summed E-state index contributed by atoms with van der Waals surface area (Å²) in [5, 5.41) is 17.5. The number of hydrogen-bond acceptors (Lipinski definition) is 3. The second-order valence-electron chi connectivity index (χ2n) is 4.10. The van der Waals surface area contributed by atoms with Crippen LogP contribution in [-0.2, 0) is 4.79 Å². The number of benzene rings is 1. The average Bonchev–Trinajstić information content (AvgIpc) is 2.41. The Balaban J connectivity index is 2.72. The Bertz CT molecular complexity index is 500. The van der Waals surface area contributed by atoms with Crippen molar-refractivity contribution in [3.05, 3.63) is 35.4 Å². The quantitative estimate of drug-likeness (QED) is 0.463. The third kappa shape index (κ3) is 5.26. The predicted molar refractivity (Wildman–Crippen MR) is 72.7 cm³/mol. The first-order valence-electron chi connectivity index (χ1n) is 6.25. The van der Waals surface area contributed by atoms with Crippen LogP contribution >= 0.6 is 0 Å². The van der Waals surface area contributed by atoms with Crippen LogP contribution in [0.2, 0.25) is 0 Å². The Morgan fingerprint density at radius 1 is 1.47 bits per heavy atom. The summed E-state index contributed by atoms with van der Waals surface area (Å²) < 4.78 is 5.56. The van der Waals surface area contributed by atoms with Crippen molar-refractivity contribution in [3.8, 4) is 11.8 Å². The van der Waals surface area contributed by atoms with E-state index in [0.29, 0.717) is 17.9 Å². The first kappa shape index (κ1) is 14.8. The molecule has 0 unspecified atom stereocenters. The summed E-state index contributed by atoms with van der Waals surface area (Å²) in [5.41, 5.74) is 0.357. The minimum absolute atomic E-state index is 0.289. The maximum Gasteiger partial charge on any atom is 0.346 e. The summed E-state index contributed by atoms with van der Waals surface area (Å²) in [6.45, 7) is 2.77. The van der Waals surface area contributed by atoms with Gasteiger partial charge in [0.15, 0.2) is 0 Å². The lowest BCUT2D eigenvalue weighted by atomic mass is 10.1. The van der Waals surface area contributed by atoms with Crippen LogP contribution in [-0.4, -0.2) is 17.7 Å². The van der Waals surface area contributed by atoms with Crippen LogP contribution in [0.1, 0.15) is 31.7 Å². The number of carboxylic acids is 1. The molecule has 0 atom stereocenters. The molecule has 0 heterocycles. The van der Waals surface area contributed by atoms with Crippen LogP contribution in [0.3, 0.4) is 0 Å². The number of rotatable bonds is 7. The van der Waals surface area contributed by atoms with Crippen molar-refractivity contribution >= 4 is 12.0 Å². The number of ether oxygens (including phenoxy) is 1. The number of carbonyl (C=O) groups is 1. The van der Waals surface area contributed by atoms with Crippen molar-refractivity contribution in [3.63, 3.8) is 0 Å². The fourth-order valence-corrected chi connectivity index (χ4v) is 1.54. The largest absolute Gasteiger partial charge is 0.494 e. The minimum Gasteiger partial charge on any atom is -0.494 e. The highest BCUT2D eigenvalue weighted by atomic mass is 16.5. The zero-order valence-corrected chi connectivity index (χ0v) is 10.9. The zero-order chi connectivity index (χ0) is 14.1. The molecular weight excluding hydrogens is 242 g/mol. The predicted octanol–water partition coefficient (Wildman–Crippen LogP) is 3.25. The van der Waals surface area contributed by atoms with Crippen LogP contribution in [0.15, 0.2) is 29.8 Å². The van der Waals surface area contributed by atoms with Gasteiger partial charge in [0.05, 0.1) is 6.61 Å². The molecule has 0 aliphatic heterocycles. The molecule has 0 fully saturated rings. The number of nitriles is 1. The van der Waals surface area contributed by atoms with Gasteiger partial charge in [0.1, 0.15) is 17.4 Å². The number of unbranched alkanes of at least 4 members (excludes halogenated alkanes) is 2. The summed E-state index contributed by atoms with van der Waals surface area (Å²) in [6, 6.07) is 8.71. The number of nitrogens with zero attached hydrogens (tertiary/aromatic N) is 1. The van der Waals surface area contributed by atoms with Crippen molar-refractivity contribution in [1.29, 1.82) is 5.26 Å². The summed E-state index contributed by atoms with van der Waals surface area (Å²) >= 11 is 0. The van der Waals surface area contributed by atoms with Gasteiger partial charge in [-0.3, -0.25) is 0 Å². The second kappa shape index (κ2) is 7.93. The summed E-state index contributed by atoms with van der Waals surface area (Å²) in [6.07, 6.45) is 4.59. The maximum atomic E-state index is 10.7. The Kier molecular flexibility index (Phi) is 6.17. The van der Waals surface area contributed by atoms with Crippen molar-refractivity contribution in [1.82, 2.24) is 0 Å². The smallest absolute Gasteiger partial charge is 0.346 e. The lowest BCUT2D eigenvalue weighted by Gasteiger charge is -2.06. The first-order valence-corrected chi connectivity index (χ1v) is 6.25.